The molecule has 4 aromatic rings. The zero-order chi connectivity index (χ0) is 28.5. The lowest BCUT2D eigenvalue weighted by atomic mass is 10.0. The second-order valence-corrected chi connectivity index (χ2v) is 10.1. The fraction of sp³-hybridized carbons (Fsp3) is 0.345. The number of fused-ring (bicyclic) bond motifs is 2. The van der Waals surface area contributed by atoms with E-state index >= 15 is 0 Å². The average molecular weight is 559 g/mol. The number of ketones is 1. The third-order valence-electron chi connectivity index (χ3n) is 7.40. The van der Waals surface area contributed by atoms with Gasteiger partial charge in [0.25, 0.3) is 0 Å². The van der Waals surface area contributed by atoms with Gasteiger partial charge in [0.1, 0.15) is 12.1 Å². The van der Waals surface area contributed by atoms with E-state index in [9.17, 15) is 14.4 Å². The number of carbonyl (C=O) groups excluding carboxylic acids is 3. The van der Waals surface area contributed by atoms with Crippen LogP contribution >= 0.6 is 0 Å². The number of hydrogen-bond donors (Lipinski definition) is 1. The standard InChI is InChI=1S/C29H30N6O6/c1-18(36)20-13-25-26(41-17-40-25)14-24(20)35(27(37)16-34-22-9-4-3-8-21(22)31-32-34)28(23-10-5-11-33(23)2)29(38)30-15-19-7-6-12-39-19/h3-5,8-11,13-14,19,28H,6-7,12,15-17H2,1-2H3,(H,30,38)/t19-,28+/m0/s1. The van der Waals surface area contributed by atoms with Crippen LogP contribution in [0.15, 0.2) is 54.7 Å². The van der Waals surface area contributed by atoms with Crippen molar-refractivity contribution in [1.29, 1.82) is 0 Å². The lowest BCUT2D eigenvalue weighted by molar-refractivity contribution is -0.127. The number of aryl methyl sites for hydroxylation is 1. The highest BCUT2D eigenvalue weighted by Gasteiger charge is 2.38. The first-order chi connectivity index (χ1) is 19.9. The van der Waals surface area contributed by atoms with Crippen LogP contribution in [0.3, 0.4) is 0 Å². The molecule has 2 atom stereocenters. The van der Waals surface area contributed by atoms with Crippen molar-refractivity contribution in [3.8, 4) is 11.5 Å². The number of amides is 2. The van der Waals surface area contributed by atoms with E-state index in [1.807, 2.05) is 18.2 Å². The largest absolute Gasteiger partial charge is 0.454 e. The molecule has 0 aliphatic carbocycles. The van der Waals surface area contributed by atoms with Gasteiger partial charge in [0.2, 0.25) is 18.6 Å². The maximum atomic E-state index is 14.4. The predicted molar refractivity (Wildman–Crippen MR) is 148 cm³/mol. The number of aromatic nitrogens is 4. The summed E-state index contributed by atoms with van der Waals surface area (Å²) in [5, 5.41) is 11.3. The fourth-order valence-corrected chi connectivity index (χ4v) is 5.33. The third-order valence-corrected chi connectivity index (χ3v) is 7.40. The maximum absolute atomic E-state index is 14.4. The first kappa shape index (κ1) is 26.5. The number of para-hydroxylation sites is 1. The molecule has 41 heavy (non-hydrogen) atoms. The van der Waals surface area contributed by atoms with Crippen molar-refractivity contribution in [2.75, 3.05) is 24.8 Å². The molecule has 2 aromatic heterocycles. The fourth-order valence-electron chi connectivity index (χ4n) is 5.33. The third kappa shape index (κ3) is 5.13. The Labute approximate surface area is 235 Å². The van der Waals surface area contributed by atoms with Crippen LogP contribution < -0.4 is 19.7 Å². The molecule has 4 heterocycles. The van der Waals surface area contributed by atoms with Gasteiger partial charge >= 0.3 is 0 Å². The molecule has 2 aliphatic heterocycles. The Morgan fingerprint density at radius 1 is 1.12 bits per heavy atom. The summed E-state index contributed by atoms with van der Waals surface area (Å²) in [7, 11) is 1.80. The van der Waals surface area contributed by atoms with E-state index in [0.29, 0.717) is 41.4 Å². The summed E-state index contributed by atoms with van der Waals surface area (Å²) in [6.45, 7) is 2.11. The minimum atomic E-state index is -1.13. The number of hydrogen-bond acceptors (Lipinski definition) is 8. The smallest absolute Gasteiger partial charge is 0.249 e. The first-order valence-corrected chi connectivity index (χ1v) is 13.5. The average Bonchev–Trinajstić information content (AvgIpc) is 3.78. The Bertz CT molecular complexity index is 1620. The number of rotatable bonds is 9. The number of carbonyl (C=O) groups is 3. The molecule has 2 amide bonds. The zero-order valence-electron chi connectivity index (χ0n) is 22.8. The van der Waals surface area contributed by atoms with Gasteiger partial charge in [-0.2, -0.15) is 0 Å². The van der Waals surface area contributed by atoms with E-state index in [1.165, 1.54) is 16.5 Å². The molecule has 1 N–H and O–H groups in total. The molecular weight excluding hydrogens is 528 g/mol. The minimum Gasteiger partial charge on any atom is -0.454 e. The van der Waals surface area contributed by atoms with Gasteiger partial charge in [0, 0.05) is 38.0 Å². The topological polar surface area (TPSA) is 130 Å². The van der Waals surface area contributed by atoms with Crippen LogP contribution in [0.25, 0.3) is 11.0 Å². The number of Topliss-reactive ketones (excluding diaryl/α,β-unsaturated/α-hetero) is 1. The summed E-state index contributed by atoms with van der Waals surface area (Å²) in [5.41, 5.74) is 2.30. The highest BCUT2D eigenvalue weighted by Crippen LogP contribution is 2.41. The molecule has 12 nitrogen and oxygen atoms in total. The van der Waals surface area contributed by atoms with E-state index in [2.05, 4.69) is 15.6 Å². The molecule has 0 radical (unpaired) electrons. The van der Waals surface area contributed by atoms with E-state index in [1.54, 1.807) is 48.1 Å². The van der Waals surface area contributed by atoms with Crippen molar-refractivity contribution < 1.29 is 28.6 Å². The first-order valence-electron chi connectivity index (χ1n) is 13.5. The van der Waals surface area contributed by atoms with Gasteiger partial charge in [-0.05, 0) is 50.1 Å². The Kier molecular flexibility index (Phi) is 7.14. The van der Waals surface area contributed by atoms with Crippen molar-refractivity contribution in [2.24, 2.45) is 7.05 Å². The van der Waals surface area contributed by atoms with E-state index in [-0.39, 0.29) is 36.5 Å². The summed E-state index contributed by atoms with van der Waals surface area (Å²) < 4.78 is 20.1. The van der Waals surface area contributed by atoms with Gasteiger partial charge in [0.05, 0.1) is 23.0 Å². The highest BCUT2D eigenvalue weighted by atomic mass is 16.7. The Balaban J connectivity index is 1.47. The van der Waals surface area contributed by atoms with E-state index in [0.717, 1.165) is 12.8 Å². The van der Waals surface area contributed by atoms with Crippen LogP contribution in [0.2, 0.25) is 0 Å². The molecule has 0 unspecified atom stereocenters. The van der Waals surface area contributed by atoms with E-state index < -0.39 is 17.9 Å². The van der Waals surface area contributed by atoms with Crippen molar-refractivity contribution in [3.05, 3.63) is 66.0 Å². The SMILES string of the molecule is CC(=O)c1cc2c(cc1N(C(=O)Cn1nnc3ccccc31)[C@@H](C(=O)NC[C@@H]1CCCO1)c1cccn1C)OCO2. The van der Waals surface area contributed by atoms with Crippen molar-refractivity contribution >= 4 is 34.3 Å². The number of ether oxygens (including phenoxy) is 3. The molecule has 12 heteroatoms. The predicted octanol–water partition coefficient (Wildman–Crippen LogP) is 2.77. The Hall–Kier alpha value is -4.71. The van der Waals surface area contributed by atoms with Gasteiger partial charge in [-0.25, -0.2) is 4.68 Å². The summed E-state index contributed by atoms with van der Waals surface area (Å²) in [6, 6.07) is 12.9. The molecule has 2 aliphatic rings. The molecule has 1 fully saturated rings. The molecule has 1 saturated heterocycles. The summed E-state index contributed by atoms with van der Waals surface area (Å²) >= 11 is 0. The number of benzene rings is 2. The second-order valence-electron chi connectivity index (χ2n) is 10.1. The Morgan fingerprint density at radius 3 is 2.66 bits per heavy atom. The maximum Gasteiger partial charge on any atom is 0.249 e. The highest BCUT2D eigenvalue weighted by molar-refractivity contribution is 6.08. The van der Waals surface area contributed by atoms with Gasteiger partial charge in [-0.3, -0.25) is 19.3 Å². The lowest BCUT2D eigenvalue weighted by Gasteiger charge is -2.33. The van der Waals surface area contributed by atoms with Crippen molar-refractivity contribution in [2.45, 2.75) is 38.5 Å². The number of nitrogens with zero attached hydrogens (tertiary/aromatic N) is 5. The number of anilines is 1. The molecule has 6 rings (SSSR count). The molecule has 0 spiro atoms. The van der Waals surface area contributed by atoms with Crippen LogP contribution in [0.1, 0.15) is 41.9 Å². The van der Waals surface area contributed by atoms with Crippen molar-refractivity contribution in [1.82, 2.24) is 24.9 Å². The zero-order valence-corrected chi connectivity index (χ0v) is 22.8. The Morgan fingerprint density at radius 2 is 1.93 bits per heavy atom. The molecule has 0 bridgehead atoms. The second kappa shape index (κ2) is 11.0. The van der Waals surface area contributed by atoms with Gasteiger partial charge < -0.3 is 24.1 Å². The van der Waals surface area contributed by atoms with Gasteiger partial charge in [-0.1, -0.05) is 17.3 Å². The van der Waals surface area contributed by atoms with Gasteiger partial charge in [0.15, 0.2) is 23.3 Å². The summed E-state index contributed by atoms with van der Waals surface area (Å²) in [4.78, 5) is 42.7. The van der Waals surface area contributed by atoms with Crippen LogP contribution in [0.4, 0.5) is 5.69 Å². The molecule has 2 aromatic carbocycles. The molecule has 212 valence electrons. The lowest BCUT2D eigenvalue weighted by Crippen LogP contribution is -2.47. The molecule has 0 saturated carbocycles. The number of nitrogens with one attached hydrogen (secondary N) is 1. The quantitative estimate of drug-likeness (QED) is 0.311. The normalized spacial score (nSPS) is 16.6. The van der Waals surface area contributed by atoms with Crippen LogP contribution in [-0.2, 0) is 27.9 Å². The van der Waals surface area contributed by atoms with Crippen LogP contribution in [0, 0.1) is 0 Å². The van der Waals surface area contributed by atoms with Crippen LogP contribution in [0.5, 0.6) is 11.5 Å². The van der Waals surface area contributed by atoms with E-state index in [4.69, 9.17) is 14.2 Å². The van der Waals surface area contributed by atoms with Crippen molar-refractivity contribution in [3.63, 3.8) is 0 Å². The summed E-state index contributed by atoms with van der Waals surface area (Å²) in [5.74, 6) is -0.411. The summed E-state index contributed by atoms with van der Waals surface area (Å²) in [6.07, 6.45) is 3.47. The van der Waals surface area contributed by atoms with Gasteiger partial charge in [-0.15, -0.1) is 5.10 Å². The monoisotopic (exact) mass is 558 g/mol. The minimum absolute atomic E-state index is 0.0157. The van der Waals surface area contributed by atoms with Crippen LogP contribution in [-0.4, -0.2) is 63.2 Å². The molecular formula is C29H30N6O6.